The summed E-state index contributed by atoms with van der Waals surface area (Å²) < 4.78 is 5.66. The molecular weight excluding hydrogens is 304 g/mol. The van der Waals surface area contributed by atoms with Crippen LogP contribution < -0.4 is 15.4 Å². The zero-order valence-electron chi connectivity index (χ0n) is 13.8. The molecule has 24 heavy (non-hydrogen) atoms. The number of carbonyl (C=O) groups excluding carboxylic acids is 2. The Morgan fingerprint density at radius 2 is 1.88 bits per heavy atom. The van der Waals surface area contributed by atoms with Crippen LogP contribution in [-0.2, 0) is 4.79 Å². The van der Waals surface area contributed by atoms with Crippen LogP contribution in [-0.4, -0.2) is 31.0 Å². The maximum Gasteiger partial charge on any atom is 0.258 e. The summed E-state index contributed by atoms with van der Waals surface area (Å²) in [6, 6.07) is 11.7. The lowest BCUT2D eigenvalue weighted by Gasteiger charge is -2.13. The first-order valence-corrected chi connectivity index (χ1v) is 8.40. The van der Waals surface area contributed by atoms with Gasteiger partial charge in [0.25, 0.3) is 11.8 Å². The maximum atomic E-state index is 12.4. The molecule has 2 aromatic rings. The SMILES string of the molecule is CCCNC(=O)c1cc2ccccc2cc1OCC(=O)NC1CC1. The van der Waals surface area contributed by atoms with Crippen LogP contribution in [0.4, 0.5) is 0 Å². The van der Waals surface area contributed by atoms with E-state index in [2.05, 4.69) is 10.6 Å². The summed E-state index contributed by atoms with van der Waals surface area (Å²) in [6.45, 7) is 2.52. The molecule has 1 aliphatic rings. The molecule has 0 spiro atoms. The lowest BCUT2D eigenvalue weighted by atomic mass is 10.1. The fourth-order valence-corrected chi connectivity index (χ4v) is 2.49. The number of hydrogen-bond donors (Lipinski definition) is 2. The highest BCUT2D eigenvalue weighted by molar-refractivity contribution is 6.01. The van der Waals surface area contributed by atoms with Gasteiger partial charge in [-0.3, -0.25) is 9.59 Å². The van der Waals surface area contributed by atoms with Gasteiger partial charge in [-0.2, -0.15) is 0 Å². The third-order valence-electron chi connectivity index (χ3n) is 3.93. The van der Waals surface area contributed by atoms with Gasteiger partial charge in [0.15, 0.2) is 6.61 Å². The van der Waals surface area contributed by atoms with Gasteiger partial charge in [-0.05, 0) is 42.2 Å². The van der Waals surface area contributed by atoms with Gasteiger partial charge in [0.05, 0.1) is 5.56 Å². The third-order valence-corrected chi connectivity index (χ3v) is 3.93. The number of rotatable bonds is 7. The van der Waals surface area contributed by atoms with Crippen molar-refractivity contribution < 1.29 is 14.3 Å². The van der Waals surface area contributed by atoms with Crippen LogP contribution in [0.5, 0.6) is 5.75 Å². The molecule has 1 aliphatic carbocycles. The van der Waals surface area contributed by atoms with E-state index in [0.29, 0.717) is 23.9 Å². The minimum atomic E-state index is -0.180. The number of fused-ring (bicyclic) bond motifs is 1. The molecule has 0 heterocycles. The topological polar surface area (TPSA) is 67.4 Å². The van der Waals surface area contributed by atoms with Crippen molar-refractivity contribution in [3.63, 3.8) is 0 Å². The lowest BCUT2D eigenvalue weighted by Crippen LogP contribution is -2.31. The highest BCUT2D eigenvalue weighted by atomic mass is 16.5. The zero-order chi connectivity index (χ0) is 16.9. The molecule has 1 saturated carbocycles. The maximum absolute atomic E-state index is 12.4. The molecule has 0 radical (unpaired) electrons. The number of hydrogen-bond acceptors (Lipinski definition) is 3. The van der Waals surface area contributed by atoms with Crippen LogP contribution in [0.25, 0.3) is 10.8 Å². The summed E-state index contributed by atoms with van der Waals surface area (Å²) in [5.74, 6) is 0.110. The predicted octanol–water partition coefficient (Wildman–Crippen LogP) is 2.64. The molecule has 2 amide bonds. The summed E-state index contributed by atoms with van der Waals surface area (Å²) in [6.07, 6.45) is 2.93. The second-order valence-corrected chi connectivity index (χ2v) is 6.08. The molecule has 0 aliphatic heterocycles. The fourth-order valence-electron chi connectivity index (χ4n) is 2.49. The summed E-state index contributed by atoms with van der Waals surface area (Å²) in [5.41, 5.74) is 0.460. The second-order valence-electron chi connectivity index (χ2n) is 6.08. The van der Waals surface area contributed by atoms with Crippen LogP contribution in [0.2, 0.25) is 0 Å². The molecule has 3 rings (SSSR count). The van der Waals surface area contributed by atoms with Crippen molar-refractivity contribution >= 4 is 22.6 Å². The van der Waals surface area contributed by atoms with Crippen molar-refractivity contribution in [3.05, 3.63) is 42.0 Å². The predicted molar refractivity (Wildman–Crippen MR) is 93.2 cm³/mol. The highest BCUT2D eigenvalue weighted by Gasteiger charge is 2.23. The van der Waals surface area contributed by atoms with Gasteiger partial charge in [0, 0.05) is 12.6 Å². The van der Waals surface area contributed by atoms with E-state index in [1.165, 1.54) is 0 Å². The molecular formula is C19H22N2O3. The molecule has 2 aromatic carbocycles. The number of ether oxygens (including phenoxy) is 1. The number of benzene rings is 2. The first kappa shape index (κ1) is 16.3. The Labute approximate surface area is 141 Å². The molecule has 0 saturated heterocycles. The van der Waals surface area contributed by atoms with Gasteiger partial charge in [-0.25, -0.2) is 0 Å². The van der Waals surface area contributed by atoms with E-state index in [1.807, 2.05) is 43.3 Å². The molecule has 5 heteroatoms. The fraction of sp³-hybridized carbons (Fsp3) is 0.368. The van der Waals surface area contributed by atoms with E-state index >= 15 is 0 Å². The minimum Gasteiger partial charge on any atom is -0.483 e. The van der Waals surface area contributed by atoms with Crippen LogP contribution in [0.15, 0.2) is 36.4 Å². The Balaban J connectivity index is 1.81. The molecule has 0 aromatic heterocycles. The van der Waals surface area contributed by atoms with Crippen LogP contribution in [0.3, 0.4) is 0 Å². The Morgan fingerprint density at radius 3 is 2.54 bits per heavy atom. The number of carbonyl (C=O) groups is 2. The number of nitrogens with one attached hydrogen (secondary N) is 2. The number of amides is 2. The molecule has 126 valence electrons. The van der Waals surface area contributed by atoms with E-state index in [-0.39, 0.29) is 18.4 Å². The Hall–Kier alpha value is -2.56. The smallest absolute Gasteiger partial charge is 0.258 e. The molecule has 0 atom stereocenters. The van der Waals surface area contributed by atoms with E-state index < -0.39 is 0 Å². The van der Waals surface area contributed by atoms with E-state index in [1.54, 1.807) is 0 Å². The normalized spacial score (nSPS) is 13.5. The standard InChI is InChI=1S/C19H22N2O3/c1-2-9-20-19(23)16-10-13-5-3-4-6-14(13)11-17(16)24-12-18(22)21-15-7-8-15/h3-6,10-11,15H,2,7-9,12H2,1H3,(H,20,23)(H,21,22). The highest BCUT2D eigenvalue weighted by Crippen LogP contribution is 2.26. The minimum absolute atomic E-state index is 0.0805. The van der Waals surface area contributed by atoms with Gasteiger partial charge in [-0.1, -0.05) is 31.2 Å². The Morgan fingerprint density at radius 1 is 1.17 bits per heavy atom. The quantitative estimate of drug-likeness (QED) is 0.822. The van der Waals surface area contributed by atoms with Crippen molar-refractivity contribution in [1.82, 2.24) is 10.6 Å². The average molecular weight is 326 g/mol. The molecule has 0 unspecified atom stereocenters. The van der Waals surface area contributed by atoms with Crippen molar-refractivity contribution in [1.29, 1.82) is 0 Å². The van der Waals surface area contributed by atoms with Crippen molar-refractivity contribution in [2.24, 2.45) is 0 Å². The second kappa shape index (κ2) is 7.34. The molecule has 1 fully saturated rings. The monoisotopic (exact) mass is 326 g/mol. The zero-order valence-corrected chi connectivity index (χ0v) is 13.8. The largest absolute Gasteiger partial charge is 0.483 e. The molecule has 5 nitrogen and oxygen atoms in total. The Bertz CT molecular complexity index is 753. The Kier molecular flexibility index (Phi) is 4.99. The van der Waals surface area contributed by atoms with Gasteiger partial charge < -0.3 is 15.4 Å². The molecule has 2 N–H and O–H groups in total. The van der Waals surface area contributed by atoms with Gasteiger partial charge in [-0.15, -0.1) is 0 Å². The van der Waals surface area contributed by atoms with Crippen molar-refractivity contribution in [2.45, 2.75) is 32.2 Å². The third kappa shape index (κ3) is 4.04. The first-order valence-electron chi connectivity index (χ1n) is 8.40. The van der Waals surface area contributed by atoms with E-state index in [9.17, 15) is 9.59 Å². The van der Waals surface area contributed by atoms with Crippen molar-refractivity contribution in [2.75, 3.05) is 13.2 Å². The van der Waals surface area contributed by atoms with E-state index in [0.717, 1.165) is 30.0 Å². The summed E-state index contributed by atoms with van der Waals surface area (Å²) in [5, 5.41) is 7.68. The summed E-state index contributed by atoms with van der Waals surface area (Å²) in [7, 11) is 0. The molecule has 0 bridgehead atoms. The van der Waals surface area contributed by atoms with Crippen LogP contribution >= 0.6 is 0 Å². The first-order chi connectivity index (χ1) is 11.7. The van der Waals surface area contributed by atoms with Crippen LogP contribution in [0, 0.1) is 0 Å². The summed E-state index contributed by atoms with van der Waals surface area (Å²) >= 11 is 0. The lowest BCUT2D eigenvalue weighted by molar-refractivity contribution is -0.123. The van der Waals surface area contributed by atoms with Gasteiger partial charge in [0.1, 0.15) is 5.75 Å². The van der Waals surface area contributed by atoms with Gasteiger partial charge >= 0.3 is 0 Å². The average Bonchev–Trinajstić information content (AvgIpc) is 3.40. The van der Waals surface area contributed by atoms with Crippen molar-refractivity contribution in [3.8, 4) is 5.75 Å². The summed E-state index contributed by atoms with van der Waals surface area (Å²) in [4.78, 5) is 24.3. The van der Waals surface area contributed by atoms with E-state index in [4.69, 9.17) is 4.74 Å². The van der Waals surface area contributed by atoms with Gasteiger partial charge in [0.2, 0.25) is 0 Å². The van der Waals surface area contributed by atoms with Crippen LogP contribution in [0.1, 0.15) is 36.5 Å².